The van der Waals surface area contributed by atoms with Gasteiger partial charge in [-0.1, -0.05) is 32.4 Å². The Bertz CT molecular complexity index is 512. The molecule has 116 valence electrons. The fourth-order valence-electron chi connectivity index (χ4n) is 1.86. The highest BCUT2D eigenvalue weighted by atomic mass is 16.3. The normalized spacial score (nSPS) is 14.9. The molecule has 2 unspecified atom stereocenters. The van der Waals surface area contributed by atoms with Gasteiger partial charge < -0.3 is 15.7 Å². The van der Waals surface area contributed by atoms with Crippen LogP contribution >= 0.6 is 0 Å². The second kappa shape index (κ2) is 7.22. The molecule has 0 aromatic heterocycles. The van der Waals surface area contributed by atoms with E-state index in [0.717, 1.165) is 12.0 Å². The first-order valence-corrected chi connectivity index (χ1v) is 7.14. The molecule has 0 aliphatic carbocycles. The molecular weight excluding hydrogens is 268 g/mol. The van der Waals surface area contributed by atoms with E-state index >= 15 is 0 Å². The third kappa shape index (κ3) is 5.19. The average Bonchev–Trinajstić information content (AvgIpc) is 2.43. The molecule has 0 aliphatic heterocycles. The largest absolute Gasteiger partial charge is 0.388 e. The van der Waals surface area contributed by atoms with Crippen LogP contribution in [-0.2, 0) is 9.59 Å². The fraction of sp³-hybridized carbons (Fsp3) is 0.500. The number of hydrogen-bond donors (Lipinski definition) is 3. The predicted octanol–water partition coefficient (Wildman–Crippen LogP) is 1.85. The molecule has 2 atom stereocenters. The summed E-state index contributed by atoms with van der Waals surface area (Å²) in [5, 5.41) is 15.2. The van der Waals surface area contributed by atoms with Crippen molar-refractivity contribution < 1.29 is 14.7 Å². The minimum absolute atomic E-state index is 0.0256. The van der Waals surface area contributed by atoms with Crippen LogP contribution in [0, 0.1) is 12.8 Å². The Kier molecular flexibility index (Phi) is 5.90. The number of carbonyl (C=O) groups excluding carboxylic acids is 2. The lowest BCUT2D eigenvalue weighted by atomic mass is 9.89. The zero-order chi connectivity index (χ0) is 16.0. The minimum atomic E-state index is -1.03. The van der Waals surface area contributed by atoms with Crippen LogP contribution in [0.2, 0.25) is 0 Å². The number of aliphatic hydroxyl groups is 1. The van der Waals surface area contributed by atoms with E-state index in [9.17, 15) is 14.7 Å². The summed E-state index contributed by atoms with van der Waals surface area (Å²) in [7, 11) is 0. The van der Waals surface area contributed by atoms with Crippen LogP contribution in [0.15, 0.2) is 24.3 Å². The number of carbonyl (C=O) groups is 2. The van der Waals surface area contributed by atoms with Gasteiger partial charge in [-0.05, 0) is 37.5 Å². The molecule has 2 amide bonds. The van der Waals surface area contributed by atoms with Crippen molar-refractivity contribution in [2.24, 2.45) is 5.92 Å². The first-order valence-electron chi connectivity index (χ1n) is 7.14. The Labute approximate surface area is 125 Å². The minimum Gasteiger partial charge on any atom is -0.388 e. The van der Waals surface area contributed by atoms with Gasteiger partial charge in [-0.15, -0.1) is 0 Å². The Morgan fingerprint density at radius 2 is 2.00 bits per heavy atom. The van der Waals surface area contributed by atoms with E-state index in [2.05, 4.69) is 10.6 Å². The molecule has 0 radical (unpaired) electrons. The van der Waals surface area contributed by atoms with Gasteiger partial charge in [-0.3, -0.25) is 9.59 Å². The van der Waals surface area contributed by atoms with E-state index in [0.29, 0.717) is 5.69 Å². The lowest BCUT2D eigenvalue weighted by Gasteiger charge is -2.29. The van der Waals surface area contributed by atoms with Crippen molar-refractivity contribution in [1.82, 2.24) is 5.32 Å². The zero-order valence-electron chi connectivity index (χ0n) is 13.1. The maximum absolute atomic E-state index is 11.8. The Morgan fingerprint density at radius 3 is 2.57 bits per heavy atom. The summed E-state index contributed by atoms with van der Waals surface area (Å²) in [6.45, 7) is 7.46. The van der Waals surface area contributed by atoms with Crippen LogP contribution in [0.4, 0.5) is 5.69 Å². The van der Waals surface area contributed by atoms with Crippen LogP contribution in [-0.4, -0.2) is 29.1 Å². The molecule has 1 aromatic rings. The van der Waals surface area contributed by atoms with Gasteiger partial charge in [-0.25, -0.2) is 0 Å². The summed E-state index contributed by atoms with van der Waals surface area (Å²) in [6.07, 6.45) is 0.790. The highest BCUT2D eigenvalue weighted by Crippen LogP contribution is 2.18. The molecule has 0 saturated heterocycles. The van der Waals surface area contributed by atoms with Gasteiger partial charge in [-0.2, -0.15) is 0 Å². The standard InChI is InChI=1S/C16H24N2O3/c1-5-12(3)16(4,21)10-17-14(19)15(20)18-13-8-6-7-11(2)9-13/h6-9,12,21H,5,10H2,1-4H3,(H,17,19)(H,18,20). The van der Waals surface area contributed by atoms with E-state index in [1.165, 1.54) is 0 Å². The van der Waals surface area contributed by atoms with Crippen LogP contribution in [0.25, 0.3) is 0 Å². The number of anilines is 1. The SMILES string of the molecule is CCC(C)C(C)(O)CNC(=O)C(=O)Nc1cccc(C)c1. The molecule has 0 spiro atoms. The third-order valence-electron chi connectivity index (χ3n) is 3.76. The molecule has 0 heterocycles. The van der Waals surface area contributed by atoms with Crippen molar-refractivity contribution in [2.75, 3.05) is 11.9 Å². The highest BCUT2D eigenvalue weighted by molar-refractivity contribution is 6.39. The summed E-state index contributed by atoms with van der Waals surface area (Å²) in [5.74, 6) is -1.46. The van der Waals surface area contributed by atoms with Crippen molar-refractivity contribution in [3.8, 4) is 0 Å². The average molecular weight is 292 g/mol. The van der Waals surface area contributed by atoms with E-state index in [1.807, 2.05) is 26.8 Å². The quantitative estimate of drug-likeness (QED) is 0.725. The lowest BCUT2D eigenvalue weighted by Crippen LogP contribution is -2.47. The van der Waals surface area contributed by atoms with Gasteiger partial charge in [0.05, 0.1) is 5.60 Å². The molecule has 1 rings (SSSR count). The summed E-state index contributed by atoms with van der Waals surface area (Å²) < 4.78 is 0. The number of benzene rings is 1. The van der Waals surface area contributed by atoms with Gasteiger partial charge >= 0.3 is 11.8 Å². The Morgan fingerprint density at radius 1 is 1.33 bits per heavy atom. The van der Waals surface area contributed by atoms with Crippen LogP contribution < -0.4 is 10.6 Å². The molecular formula is C16H24N2O3. The summed E-state index contributed by atoms with van der Waals surface area (Å²) in [5.41, 5.74) is 0.533. The van der Waals surface area contributed by atoms with Crippen molar-refractivity contribution in [1.29, 1.82) is 0 Å². The molecule has 0 fully saturated rings. The van der Waals surface area contributed by atoms with Gasteiger partial charge in [0.1, 0.15) is 0 Å². The van der Waals surface area contributed by atoms with E-state index in [4.69, 9.17) is 0 Å². The molecule has 21 heavy (non-hydrogen) atoms. The zero-order valence-corrected chi connectivity index (χ0v) is 13.1. The van der Waals surface area contributed by atoms with Crippen molar-refractivity contribution >= 4 is 17.5 Å². The first kappa shape index (κ1) is 17.2. The van der Waals surface area contributed by atoms with Crippen LogP contribution in [0.5, 0.6) is 0 Å². The van der Waals surface area contributed by atoms with Gasteiger partial charge in [0.2, 0.25) is 0 Å². The van der Waals surface area contributed by atoms with E-state index < -0.39 is 17.4 Å². The van der Waals surface area contributed by atoms with Crippen LogP contribution in [0.3, 0.4) is 0 Å². The third-order valence-corrected chi connectivity index (χ3v) is 3.76. The van der Waals surface area contributed by atoms with E-state index in [1.54, 1.807) is 25.1 Å². The maximum atomic E-state index is 11.8. The molecule has 0 bridgehead atoms. The summed E-state index contributed by atoms with van der Waals surface area (Å²) in [4.78, 5) is 23.5. The monoisotopic (exact) mass is 292 g/mol. The number of amides is 2. The van der Waals surface area contributed by atoms with Crippen molar-refractivity contribution in [3.63, 3.8) is 0 Å². The maximum Gasteiger partial charge on any atom is 0.313 e. The molecule has 5 nitrogen and oxygen atoms in total. The first-order chi connectivity index (χ1) is 9.76. The second-order valence-corrected chi connectivity index (χ2v) is 5.67. The fourth-order valence-corrected chi connectivity index (χ4v) is 1.86. The summed E-state index contributed by atoms with van der Waals surface area (Å²) >= 11 is 0. The second-order valence-electron chi connectivity index (χ2n) is 5.67. The lowest BCUT2D eigenvalue weighted by molar-refractivity contribution is -0.137. The van der Waals surface area contributed by atoms with Crippen molar-refractivity contribution in [2.45, 2.75) is 39.7 Å². The highest BCUT2D eigenvalue weighted by Gasteiger charge is 2.28. The van der Waals surface area contributed by atoms with Gasteiger partial charge in [0.15, 0.2) is 0 Å². The van der Waals surface area contributed by atoms with Crippen LogP contribution in [0.1, 0.15) is 32.8 Å². The number of nitrogens with one attached hydrogen (secondary N) is 2. The number of rotatable bonds is 5. The molecule has 5 heteroatoms. The number of aryl methyl sites for hydroxylation is 1. The molecule has 0 aliphatic rings. The topological polar surface area (TPSA) is 78.4 Å². The predicted molar refractivity (Wildman–Crippen MR) is 82.9 cm³/mol. The smallest absolute Gasteiger partial charge is 0.313 e. The molecule has 3 N–H and O–H groups in total. The number of hydrogen-bond acceptors (Lipinski definition) is 3. The Hall–Kier alpha value is -1.88. The Balaban J connectivity index is 2.54. The molecule has 1 aromatic carbocycles. The van der Waals surface area contributed by atoms with Gasteiger partial charge in [0.25, 0.3) is 0 Å². The molecule has 0 saturated carbocycles. The van der Waals surface area contributed by atoms with Crippen molar-refractivity contribution in [3.05, 3.63) is 29.8 Å². The van der Waals surface area contributed by atoms with E-state index in [-0.39, 0.29) is 12.5 Å². The summed E-state index contributed by atoms with van der Waals surface area (Å²) in [6, 6.07) is 7.20. The van der Waals surface area contributed by atoms with Gasteiger partial charge in [0, 0.05) is 12.2 Å².